The Labute approximate surface area is 187 Å². The number of carbonyl (C=O) groups excluding carboxylic acids is 1. The zero-order valence-corrected chi connectivity index (χ0v) is 19.5. The number of hydrogen-bond donors (Lipinski definition) is 1. The molecule has 0 fully saturated rings. The third-order valence-electron chi connectivity index (χ3n) is 5.67. The lowest BCUT2D eigenvalue weighted by atomic mass is 10.2. The summed E-state index contributed by atoms with van der Waals surface area (Å²) in [7, 11) is 1.44. The standard InChI is InChI=1S/C23H27N5O3S/c1-5-28-21-10-9-16(32(30,31)26(2)3)15-19(21)24-22(28)11-12-23(29)25-18-7-6-8-20-17(18)13-14-27(20)4/h6-10,13-15H,5,11-12H2,1-4H3,(H,25,29). The van der Waals surface area contributed by atoms with Gasteiger partial charge >= 0.3 is 0 Å². The Morgan fingerprint density at radius 1 is 1.12 bits per heavy atom. The summed E-state index contributed by atoms with van der Waals surface area (Å²) < 4.78 is 30.1. The van der Waals surface area contributed by atoms with Crippen LogP contribution < -0.4 is 5.32 Å². The van der Waals surface area contributed by atoms with E-state index in [4.69, 9.17) is 0 Å². The number of imidazole rings is 1. The van der Waals surface area contributed by atoms with Gasteiger partial charge < -0.3 is 14.5 Å². The number of sulfonamides is 1. The van der Waals surface area contributed by atoms with E-state index in [1.54, 1.807) is 18.2 Å². The SMILES string of the molecule is CCn1c(CCC(=O)Nc2cccc3c2ccn3C)nc2cc(S(=O)(=O)N(C)C)ccc21. The van der Waals surface area contributed by atoms with Crippen LogP contribution in [-0.4, -0.2) is 46.8 Å². The van der Waals surface area contributed by atoms with Gasteiger partial charge in [-0.15, -0.1) is 0 Å². The highest BCUT2D eigenvalue weighted by atomic mass is 32.2. The Morgan fingerprint density at radius 2 is 1.91 bits per heavy atom. The van der Waals surface area contributed by atoms with E-state index in [9.17, 15) is 13.2 Å². The number of aromatic nitrogens is 3. The van der Waals surface area contributed by atoms with Gasteiger partial charge in [-0.3, -0.25) is 4.79 Å². The maximum atomic E-state index is 12.7. The average Bonchev–Trinajstić information content (AvgIpc) is 3.32. The van der Waals surface area contributed by atoms with Crippen molar-refractivity contribution in [2.45, 2.75) is 31.2 Å². The molecule has 0 aliphatic carbocycles. The lowest BCUT2D eigenvalue weighted by Gasteiger charge is -2.11. The lowest BCUT2D eigenvalue weighted by Crippen LogP contribution is -2.22. The molecule has 2 aromatic heterocycles. The molecule has 0 saturated carbocycles. The van der Waals surface area contributed by atoms with Gasteiger partial charge in [-0.05, 0) is 43.3 Å². The van der Waals surface area contributed by atoms with Crippen LogP contribution in [0.1, 0.15) is 19.2 Å². The highest BCUT2D eigenvalue weighted by molar-refractivity contribution is 7.89. The molecule has 0 saturated heterocycles. The first kappa shape index (κ1) is 22.0. The summed E-state index contributed by atoms with van der Waals surface area (Å²) in [6.07, 6.45) is 2.69. The molecule has 2 aromatic carbocycles. The lowest BCUT2D eigenvalue weighted by molar-refractivity contribution is -0.116. The van der Waals surface area contributed by atoms with Crippen LogP contribution in [0, 0.1) is 0 Å². The van der Waals surface area contributed by atoms with Crippen LogP contribution in [0.2, 0.25) is 0 Å². The fourth-order valence-corrected chi connectivity index (χ4v) is 4.85. The van der Waals surface area contributed by atoms with Crippen LogP contribution in [0.3, 0.4) is 0 Å². The van der Waals surface area contributed by atoms with Gasteiger partial charge in [-0.1, -0.05) is 6.07 Å². The molecule has 32 heavy (non-hydrogen) atoms. The van der Waals surface area contributed by atoms with E-state index in [-0.39, 0.29) is 17.2 Å². The summed E-state index contributed by atoms with van der Waals surface area (Å²) in [5.74, 6) is 0.668. The second-order valence-electron chi connectivity index (χ2n) is 7.92. The molecule has 0 spiro atoms. The minimum Gasteiger partial charge on any atom is -0.350 e. The van der Waals surface area contributed by atoms with E-state index in [1.807, 2.05) is 53.6 Å². The average molecular weight is 454 g/mol. The van der Waals surface area contributed by atoms with Crippen molar-refractivity contribution in [1.29, 1.82) is 0 Å². The smallest absolute Gasteiger partial charge is 0.242 e. The highest BCUT2D eigenvalue weighted by Crippen LogP contribution is 2.25. The molecule has 0 aliphatic heterocycles. The van der Waals surface area contributed by atoms with E-state index in [0.29, 0.717) is 18.5 Å². The normalized spacial score (nSPS) is 12.2. The second kappa shape index (κ2) is 8.40. The van der Waals surface area contributed by atoms with E-state index in [0.717, 1.165) is 27.9 Å². The number of nitrogens with zero attached hydrogens (tertiary/aromatic N) is 4. The number of amides is 1. The zero-order valence-electron chi connectivity index (χ0n) is 18.7. The van der Waals surface area contributed by atoms with Crippen molar-refractivity contribution < 1.29 is 13.2 Å². The molecular formula is C23H27N5O3S. The summed E-state index contributed by atoms with van der Waals surface area (Å²) in [4.78, 5) is 17.5. The van der Waals surface area contributed by atoms with Crippen LogP contribution >= 0.6 is 0 Å². The van der Waals surface area contributed by atoms with E-state index >= 15 is 0 Å². The van der Waals surface area contributed by atoms with Crippen LogP contribution in [0.4, 0.5) is 5.69 Å². The summed E-state index contributed by atoms with van der Waals surface area (Å²) in [5.41, 5.74) is 3.31. The Morgan fingerprint density at radius 3 is 2.62 bits per heavy atom. The third-order valence-corrected chi connectivity index (χ3v) is 7.48. The number of rotatable bonds is 7. The molecule has 4 rings (SSSR count). The van der Waals surface area contributed by atoms with Crippen LogP contribution in [0.25, 0.3) is 21.9 Å². The molecule has 0 aliphatic rings. The van der Waals surface area contributed by atoms with Gasteiger partial charge in [0.1, 0.15) is 5.82 Å². The molecule has 168 valence electrons. The summed E-state index contributed by atoms with van der Waals surface area (Å²) in [5, 5.41) is 4.01. The van der Waals surface area contributed by atoms with Gasteiger partial charge in [0.05, 0.1) is 21.6 Å². The van der Waals surface area contributed by atoms with Gasteiger partial charge in [0, 0.05) is 57.6 Å². The van der Waals surface area contributed by atoms with Crippen LogP contribution in [0.15, 0.2) is 53.6 Å². The van der Waals surface area contributed by atoms with Crippen molar-refractivity contribution >= 4 is 43.6 Å². The molecule has 0 unspecified atom stereocenters. The van der Waals surface area contributed by atoms with Crippen LogP contribution in [-0.2, 0) is 34.8 Å². The van der Waals surface area contributed by atoms with E-state index < -0.39 is 10.0 Å². The summed E-state index contributed by atoms with van der Waals surface area (Å²) in [6, 6.07) is 12.8. The molecule has 0 bridgehead atoms. The summed E-state index contributed by atoms with van der Waals surface area (Å²) in [6.45, 7) is 2.68. The second-order valence-corrected chi connectivity index (χ2v) is 10.1. The monoisotopic (exact) mass is 453 g/mol. The Kier molecular flexibility index (Phi) is 5.79. The van der Waals surface area contributed by atoms with Gasteiger partial charge in [-0.2, -0.15) is 0 Å². The number of benzene rings is 2. The topological polar surface area (TPSA) is 89.2 Å². The van der Waals surface area contributed by atoms with E-state index in [1.165, 1.54) is 18.4 Å². The predicted molar refractivity (Wildman–Crippen MR) is 126 cm³/mol. The van der Waals surface area contributed by atoms with Gasteiger partial charge in [0.25, 0.3) is 0 Å². The number of carbonyl (C=O) groups is 1. The zero-order chi connectivity index (χ0) is 23.0. The minimum absolute atomic E-state index is 0.0908. The maximum Gasteiger partial charge on any atom is 0.242 e. The van der Waals surface area contributed by atoms with Gasteiger partial charge in [-0.25, -0.2) is 17.7 Å². The third kappa shape index (κ3) is 3.89. The maximum absolute atomic E-state index is 12.7. The number of anilines is 1. The fourth-order valence-electron chi connectivity index (χ4n) is 3.92. The number of nitrogens with one attached hydrogen (secondary N) is 1. The Hall–Kier alpha value is -3.17. The quantitative estimate of drug-likeness (QED) is 0.465. The van der Waals surface area contributed by atoms with Gasteiger partial charge in [0.15, 0.2) is 0 Å². The molecule has 8 nitrogen and oxygen atoms in total. The molecule has 9 heteroatoms. The first-order chi connectivity index (χ1) is 15.2. The largest absolute Gasteiger partial charge is 0.350 e. The van der Waals surface area contributed by atoms with Crippen molar-refractivity contribution in [2.75, 3.05) is 19.4 Å². The first-order valence-corrected chi connectivity index (χ1v) is 11.9. The van der Waals surface area contributed by atoms with Crippen molar-refractivity contribution in [1.82, 2.24) is 18.4 Å². The predicted octanol–water partition coefficient (Wildman–Crippen LogP) is 3.37. The molecular weight excluding hydrogens is 426 g/mol. The number of hydrogen-bond acceptors (Lipinski definition) is 4. The van der Waals surface area contributed by atoms with E-state index in [2.05, 4.69) is 10.3 Å². The van der Waals surface area contributed by atoms with Crippen molar-refractivity contribution in [3.63, 3.8) is 0 Å². The van der Waals surface area contributed by atoms with Gasteiger partial charge in [0.2, 0.25) is 15.9 Å². The molecule has 4 aromatic rings. The highest BCUT2D eigenvalue weighted by Gasteiger charge is 2.20. The first-order valence-electron chi connectivity index (χ1n) is 10.5. The molecule has 0 radical (unpaired) electrons. The van der Waals surface area contributed by atoms with Crippen molar-refractivity contribution in [3.05, 3.63) is 54.5 Å². The van der Waals surface area contributed by atoms with Crippen molar-refractivity contribution in [3.8, 4) is 0 Å². The summed E-state index contributed by atoms with van der Waals surface area (Å²) >= 11 is 0. The minimum atomic E-state index is -3.54. The molecule has 2 heterocycles. The Bertz CT molecular complexity index is 1420. The molecule has 1 N–H and O–H groups in total. The molecule has 1 amide bonds. The van der Waals surface area contributed by atoms with Crippen LogP contribution in [0.5, 0.6) is 0 Å². The number of aryl methyl sites for hydroxylation is 3. The fraction of sp³-hybridized carbons (Fsp3) is 0.304. The van der Waals surface area contributed by atoms with Crippen molar-refractivity contribution in [2.24, 2.45) is 7.05 Å². The number of fused-ring (bicyclic) bond motifs is 2. The Balaban J connectivity index is 1.55. The molecule has 0 atom stereocenters.